The fourth-order valence-corrected chi connectivity index (χ4v) is 5.12. The molecule has 192 valence electrons. The Kier molecular flexibility index (Phi) is 11.9. The highest BCUT2D eigenvalue weighted by Gasteiger charge is 2.40. The molecule has 5 atom stereocenters. The van der Waals surface area contributed by atoms with Gasteiger partial charge in [-0.25, -0.2) is 0 Å². The molecule has 1 aliphatic carbocycles. The van der Waals surface area contributed by atoms with Crippen LogP contribution < -0.4 is 0 Å². The second-order valence-electron chi connectivity index (χ2n) is 10.7. The van der Waals surface area contributed by atoms with E-state index in [-0.39, 0.29) is 23.7 Å². The number of aliphatic hydroxyl groups excluding tert-OH is 3. The number of ether oxygens (including phenoxy) is 1. The predicted molar refractivity (Wildman–Crippen MR) is 137 cm³/mol. The Bertz CT molecular complexity index is 742. The monoisotopic (exact) mass is 474 g/mol. The Morgan fingerprint density at radius 1 is 1.09 bits per heavy atom. The van der Waals surface area contributed by atoms with Gasteiger partial charge in [0.15, 0.2) is 5.78 Å². The Balaban J connectivity index is 1.72. The van der Waals surface area contributed by atoms with E-state index in [9.17, 15) is 20.1 Å². The van der Waals surface area contributed by atoms with Gasteiger partial charge >= 0.3 is 0 Å². The molecular formula is C29H46O5. The molecule has 0 radical (unpaired) electrons. The third-order valence-electron chi connectivity index (χ3n) is 7.02. The van der Waals surface area contributed by atoms with E-state index in [1.54, 1.807) is 0 Å². The quantitative estimate of drug-likeness (QED) is 0.246. The van der Waals surface area contributed by atoms with Crippen LogP contribution in [0.1, 0.15) is 84.6 Å². The van der Waals surface area contributed by atoms with Crippen molar-refractivity contribution < 1.29 is 24.9 Å². The lowest BCUT2D eigenvalue weighted by Crippen LogP contribution is -2.37. The second-order valence-corrected chi connectivity index (χ2v) is 10.7. The number of rotatable bonds is 15. The molecule has 2 rings (SSSR count). The van der Waals surface area contributed by atoms with Gasteiger partial charge in [-0.05, 0) is 96.5 Å². The van der Waals surface area contributed by atoms with Gasteiger partial charge in [-0.15, -0.1) is 0 Å². The van der Waals surface area contributed by atoms with E-state index < -0.39 is 23.9 Å². The highest BCUT2D eigenvalue weighted by molar-refractivity contribution is 5.86. The molecule has 0 aromatic heterocycles. The van der Waals surface area contributed by atoms with Crippen molar-refractivity contribution in [2.45, 2.75) is 115 Å². The highest BCUT2D eigenvalue weighted by atomic mass is 16.5. The minimum Gasteiger partial charge on any atom is -0.393 e. The molecule has 0 heterocycles. The molecule has 1 aromatic rings. The molecule has 1 aliphatic rings. The van der Waals surface area contributed by atoms with E-state index in [1.165, 1.54) is 5.56 Å². The number of hydrogen-bond donors (Lipinski definition) is 3. The molecule has 0 bridgehead atoms. The lowest BCUT2D eigenvalue weighted by atomic mass is 9.85. The maximum atomic E-state index is 12.4. The number of aliphatic hydroxyl groups is 3. The average molecular weight is 475 g/mol. The molecule has 0 aliphatic heterocycles. The lowest BCUT2D eigenvalue weighted by molar-refractivity contribution is -0.145. The summed E-state index contributed by atoms with van der Waals surface area (Å²) in [7, 11) is 0. The van der Waals surface area contributed by atoms with Crippen molar-refractivity contribution in [3.8, 4) is 0 Å². The molecule has 0 unspecified atom stereocenters. The first-order valence-electron chi connectivity index (χ1n) is 13.0. The van der Waals surface area contributed by atoms with Crippen LogP contribution in [-0.4, -0.2) is 51.1 Å². The van der Waals surface area contributed by atoms with Gasteiger partial charge in [0.05, 0.1) is 24.4 Å². The van der Waals surface area contributed by atoms with Gasteiger partial charge < -0.3 is 20.1 Å². The summed E-state index contributed by atoms with van der Waals surface area (Å²) in [6.45, 7) is 7.53. The van der Waals surface area contributed by atoms with E-state index in [0.717, 1.165) is 19.3 Å². The molecule has 0 saturated heterocycles. The van der Waals surface area contributed by atoms with Crippen LogP contribution in [0.2, 0.25) is 0 Å². The first-order valence-corrected chi connectivity index (χ1v) is 13.0. The molecule has 5 nitrogen and oxygen atoms in total. The van der Waals surface area contributed by atoms with Gasteiger partial charge in [-0.2, -0.15) is 0 Å². The number of hydrogen-bond acceptors (Lipinski definition) is 5. The largest absolute Gasteiger partial charge is 0.393 e. The van der Waals surface area contributed by atoms with Crippen molar-refractivity contribution in [1.29, 1.82) is 0 Å². The van der Waals surface area contributed by atoms with E-state index >= 15 is 0 Å². The molecular weight excluding hydrogens is 428 g/mol. The third kappa shape index (κ3) is 9.61. The smallest absolute Gasteiger partial charge is 0.164 e. The third-order valence-corrected chi connectivity index (χ3v) is 7.02. The van der Waals surface area contributed by atoms with Crippen molar-refractivity contribution in [2.75, 3.05) is 0 Å². The van der Waals surface area contributed by atoms with Gasteiger partial charge in [0, 0.05) is 6.42 Å². The molecule has 5 heteroatoms. The molecule has 0 spiro atoms. The summed E-state index contributed by atoms with van der Waals surface area (Å²) in [6, 6.07) is 10.2. The van der Waals surface area contributed by atoms with Crippen LogP contribution in [0.25, 0.3) is 0 Å². The molecule has 34 heavy (non-hydrogen) atoms. The normalized spacial score (nSPS) is 24.2. The summed E-state index contributed by atoms with van der Waals surface area (Å²) in [5.41, 5.74) is 0.472. The number of ketones is 1. The molecule has 0 amide bonds. The fourth-order valence-electron chi connectivity index (χ4n) is 5.12. The summed E-state index contributed by atoms with van der Waals surface area (Å²) in [5.74, 6) is 0.129. The van der Waals surface area contributed by atoms with Crippen LogP contribution in [0.3, 0.4) is 0 Å². The van der Waals surface area contributed by atoms with E-state index in [2.05, 4.69) is 24.3 Å². The van der Waals surface area contributed by atoms with Crippen LogP contribution in [0.5, 0.6) is 0 Å². The number of benzene rings is 1. The van der Waals surface area contributed by atoms with Crippen molar-refractivity contribution in [3.05, 3.63) is 48.0 Å². The van der Waals surface area contributed by atoms with Gasteiger partial charge in [-0.1, -0.05) is 42.5 Å². The first kappa shape index (κ1) is 28.7. The van der Waals surface area contributed by atoms with Crippen LogP contribution in [0, 0.1) is 11.8 Å². The maximum Gasteiger partial charge on any atom is 0.164 e. The SMILES string of the molecule is CC(C)OC(C)(C)C(=O)CCC/C=C/C[C@@H]1[C@@H](CC[C@@H](O)CCc2ccccc2)[C@H](O)C[C@@H]1O. The summed E-state index contributed by atoms with van der Waals surface area (Å²) in [5, 5.41) is 31.4. The predicted octanol–water partition coefficient (Wildman–Crippen LogP) is 5.01. The number of aryl methyl sites for hydroxylation is 1. The lowest BCUT2D eigenvalue weighted by Gasteiger charge is -2.26. The Morgan fingerprint density at radius 2 is 1.76 bits per heavy atom. The van der Waals surface area contributed by atoms with Crippen molar-refractivity contribution in [2.24, 2.45) is 11.8 Å². The number of unbranched alkanes of at least 4 members (excludes halogenated alkanes) is 1. The minimum atomic E-state index is -0.749. The summed E-state index contributed by atoms with van der Waals surface area (Å²) >= 11 is 0. The standard InChI is InChI=1S/C29H46O5/c1-21(2)34-29(3,4)28(33)15-11-6-5-10-14-24-25(27(32)20-26(24)31)19-18-23(30)17-16-22-12-8-7-9-13-22/h5,7-10,12-13,21,23-27,30-32H,6,11,14-20H2,1-4H3/b10-5+/t23-,24+,25+,26-,27+/m0/s1. The average Bonchev–Trinajstić information content (AvgIpc) is 3.04. The highest BCUT2D eigenvalue weighted by Crippen LogP contribution is 2.38. The molecule has 1 aromatic carbocycles. The molecule has 1 saturated carbocycles. The van der Waals surface area contributed by atoms with E-state index in [1.807, 2.05) is 45.9 Å². The zero-order valence-electron chi connectivity index (χ0n) is 21.5. The Hall–Kier alpha value is -1.53. The van der Waals surface area contributed by atoms with E-state index in [4.69, 9.17) is 4.74 Å². The van der Waals surface area contributed by atoms with E-state index in [0.29, 0.717) is 38.5 Å². The van der Waals surface area contributed by atoms with Crippen LogP contribution >= 0.6 is 0 Å². The van der Waals surface area contributed by atoms with Crippen molar-refractivity contribution >= 4 is 5.78 Å². The van der Waals surface area contributed by atoms with Crippen molar-refractivity contribution in [1.82, 2.24) is 0 Å². The van der Waals surface area contributed by atoms with Gasteiger partial charge in [0.2, 0.25) is 0 Å². The van der Waals surface area contributed by atoms with Gasteiger partial charge in [0.1, 0.15) is 5.60 Å². The zero-order chi connectivity index (χ0) is 25.1. The summed E-state index contributed by atoms with van der Waals surface area (Å²) < 4.78 is 5.72. The topological polar surface area (TPSA) is 87.0 Å². The molecule has 3 N–H and O–H groups in total. The van der Waals surface area contributed by atoms with Crippen molar-refractivity contribution in [3.63, 3.8) is 0 Å². The number of Topliss-reactive ketones (excluding diaryl/α,β-unsaturated/α-hetero) is 1. The maximum absolute atomic E-state index is 12.4. The number of carbonyl (C=O) groups excluding carboxylic acids is 1. The van der Waals surface area contributed by atoms with Crippen LogP contribution in [-0.2, 0) is 16.0 Å². The molecule has 1 fully saturated rings. The zero-order valence-corrected chi connectivity index (χ0v) is 21.5. The van der Waals surface area contributed by atoms with Crippen LogP contribution in [0.4, 0.5) is 0 Å². The van der Waals surface area contributed by atoms with Gasteiger partial charge in [-0.3, -0.25) is 4.79 Å². The summed E-state index contributed by atoms with van der Waals surface area (Å²) in [4.78, 5) is 12.4. The summed E-state index contributed by atoms with van der Waals surface area (Å²) in [6.07, 6.45) is 8.81. The number of carbonyl (C=O) groups is 1. The Labute approximate surface area is 206 Å². The number of allylic oxidation sites excluding steroid dienone is 2. The van der Waals surface area contributed by atoms with Crippen LogP contribution in [0.15, 0.2) is 42.5 Å². The first-order chi connectivity index (χ1) is 16.1. The fraction of sp³-hybridized carbons (Fsp3) is 0.690. The second kappa shape index (κ2) is 14.1. The Morgan fingerprint density at radius 3 is 2.44 bits per heavy atom. The minimum absolute atomic E-state index is 0.00147. The van der Waals surface area contributed by atoms with Gasteiger partial charge in [0.25, 0.3) is 0 Å².